The molecule has 0 bridgehead atoms. The van der Waals surface area contributed by atoms with Gasteiger partial charge in [0, 0.05) is 6.54 Å². The molecule has 0 radical (unpaired) electrons. The smallest absolute Gasteiger partial charge is 0.245 e. The second-order valence-corrected chi connectivity index (χ2v) is 9.74. The molecule has 5 atom stereocenters. The monoisotopic (exact) mass is 595 g/mol. The summed E-state index contributed by atoms with van der Waals surface area (Å²) in [5.74, 6) is -4.68. The number of carbonyl (C=O) groups is 5. The Kier molecular flexibility index (Phi) is 15.5. The van der Waals surface area contributed by atoms with E-state index in [1.807, 2.05) is 6.92 Å². The van der Waals surface area contributed by atoms with Crippen LogP contribution < -0.4 is 44.2 Å². The molecule has 0 aliphatic rings. The molecular weight excluding hydrogens is 553 g/mol. The minimum Gasteiger partial charge on any atom is -0.394 e. The quantitative estimate of drug-likeness (QED) is 0.0470. The summed E-state index contributed by atoms with van der Waals surface area (Å²) in [6, 6.07) is 0.915. The maximum atomic E-state index is 13.1. The lowest BCUT2D eigenvalue weighted by Gasteiger charge is -2.25. The molecule has 1 aromatic carbocycles. The van der Waals surface area contributed by atoms with Gasteiger partial charge in [-0.15, -0.1) is 0 Å². The first kappa shape index (κ1) is 35.7. The number of benzene rings is 1. The lowest BCUT2D eigenvalue weighted by Crippen LogP contribution is -2.57. The van der Waals surface area contributed by atoms with E-state index >= 15 is 0 Å². The summed E-state index contributed by atoms with van der Waals surface area (Å²) >= 11 is 0. The molecule has 0 heterocycles. The Labute approximate surface area is 243 Å². The SMILES string of the molecule is CC[C@H](C)[C@H](NC(=O)[C@@H](N)Cc1ccc(F)cc1)C(=O)NCC(=O)N[C@@H](CO)C(=O)N[C@@H](CCCN=C(N)N)C(N)=O. The van der Waals surface area contributed by atoms with Crippen molar-refractivity contribution in [3.05, 3.63) is 35.6 Å². The van der Waals surface area contributed by atoms with Crippen LogP contribution in [0.15, 0.2) is 29.3 Å². The highest BCUT2D eigenvalue weighted by Crippen LogP contribution is 2.10. The molecule has 13 N–H and O–H groups in total. The molecule has 0 saturated heterocycles. The maximum Gasteiger partial charge on any atom is 0.245 e. The summed E-state index contributed by atoms with van der Waals surface area (Å²) < 4.78 is 13.1. The van der Waals surface area contributed by atoms with Crippen molar-refractivity contribution in [2.45, 2.75) is 63.7 Å². The summed E-state index contributed by atoms with van der Waals surface area (Å²) in [6.45, 7) is 2.36. The predicted molar refractivity (Wildman–Crippen MR) is 153 cm³/mol. The summed E-state index contributed by atoms with van der Waals surface area (Å²) in [5.41, 5.74) is 22.4. The van der Waals surface area contributed by atoms with Crippen LogP contribution in [0.1, 0.15) is 38.7 Å². The highest BCUT2D eigenvalue weighted by atomic mass is 19.1. The molecule has 5 amide bonds. The Hall–Kier alpha value is -4.31. The first-order chi connectivity index (χ1) is 19.8. The first-order valence-electron chi connectivity index (χ1n) is 13.4. The lowest BCUT2D eigenvalue weighted by molar-refractivity contribution is -0.133. The zero-order chi connectivity index (χ0) is 31.8. The molecular formula is C26H42FN9O6. The van der Waals surface area contributed by atoms with Gasteiger partial charge in [0.1, 0.15) is 23.9 Å². The highest BCUT2D eigenvalue weighted by Gasteiger charge is 2.29. The van der Waals surface area contributed by atoms with Crippen LogP contribution in [0.4, 0.5) is 4.39 Å². The number of amides is 5. The highest BCUT2D eigenvalue weighted by molar-refractivity contribution is 5.94. The number of halogens is 1. The fourth-order valence-corrected chi connectivity index (χ4v) is 3.71. The molecule has 0 unspecified atom stereocenters. The molecule has 0 aliphatic heterocycles. The van der Waals surface area contributed by atoms with Crippen LogP contribution in [0.3, 0.4) is 0 Å². The molecule has 1 aromatic rings. The molecule has 0 aromatic heterocycles. The van der Waals surface area contributed by atoms with Gasteiger partial charge in [-0.2, -0.15) is 0 Å². The molecule has 0 spiro atoms. The predicted octanol–water partition coefficient (Wildman–Crippen LogP) is -3.16. The van der Waals surface area contributed by atoms with E-state index in [2.05, 4.69) is 26.3 Å². The number of primary amides is 1. The van der Waals surface area contributed by atoms with Crippen molar-refractivity contribution in [3.8, 4) is 0 Å². The molecule has 0 fully saturated rings. The Bertz CT molecular complexity index is 1100. The number of nitrogens with two attached hydrogens (primary N) is 4. The van der Waals surface area contributed by atoms with Crippen molar-refractivity contribution in [1.29, 1.82) is 0 Å². The fourth-order valence-electron chi connectivity index (χ4n) is 3.71. The first-order valence-corrected chi connectivity index (χ1v) is 13.4. The molecule has 0 aliphatic carbocycles. The molecule has 15 nitrogen and oxygen atoms in total. The molecule has 0 saturated carbocycles. The van der Waals surface area contributed by atoms with E-state index in [9.17, 15) is 33.5 Å². The van der Waals surface area contributed by atoms with Crippen LogP contribution in [0, 0.1) is 11.7 Å². The minimum atomic E-state index is -1.44. The van der Waals surface area contributed by atoms with Crippen molar-refractivity contribution >= 4 is 35.5 Å². The molecule has 16 heteroatoms. The second-order valence-electron chi connectivity index (χ2n) is 9.74. The van der Waals surface area contributed by atoms with Crippen LogP contribution in [0.25, 0.3) is 0 Å². The number of guanidine groups is 1. The van der Waals surface area contributed by atoms with Gasteiger partial charge in [-0.25, -0.2) is 4.39 Å². The molecule has 42 heavy (non-hydrogen) atoms. The van der Waals surface area contributed by atoms with Crippen molar-refractivity contribution in [2.24, 2.45) is 33.8 Å². The van der Waals surface area contributed by atoms with E-state index in [0.717, 1.165) is 0 Å². The number of carbonyl (C=O) groups excluding carboxylic acids is 5. The van der Waals surface area contributed by atoms with Crippen LogP contribution >= 0.6 is 0 Å². The molecule has 1 rings (SSSR count). The van der Waals surface area contributed by atoms with Gasteiger partial charge in [0.15, 0.2) is 5.96 Å². The summed E-state index contributed by atoms with van der Waals surface area (Å²) in [6.07, 6.45) is 1.05. The minimum absolute atomic E-state index is 0.107. The van der Waals surface area contributed by atoms with Gasteiger partial charge in [-0.05, 0) is 42.9 Å². The Morgan fingerprint density at radius 2 is 1.60 bits per heavy atom. The average molecular weight is 596 g/mol. The van der Waals surface area contributed by atoms with Crippen LogP contribution in [0.2, 0.25) is 0 Å². The van der Waals surface area contributed by atoms with Crippen LogP contribution in [0.5, 0.6) is 0 Å². The van der Waals surface area contributed by atoms with Gasteiger partial charge in [-0.3, -0.25) is 29.0 Å². The van der Waals surface area contributed by atoms with Crippen molar-refractivity contribution in [3.63, 3.8) is 0 Å². The van der Waals surface area contributed by atoms with E-state index in [1.165, 1.54) is 24.3 Å². The van der Waals surface area contributed by atoms with Gasteiger partial charge >= 0.3 is 0 Å². The lowest BCUT2D eigenvalue weighted by atomic mass is 9.97. The van der Waals surface area contributed by atoms with Gasteiger partial charge in [0.25, 0.3) is 0 Å². The van der Waals surface area contributed by atoms with Crippen molar-refractivity contribution < 1.29 is 33.5 Å². The third-order valence-corrected chi connectivity index (χ3v) is 6.36. The van der Waals surface area contributed by atoms with E-state index in [-0.39, 0.29) is 31.3 Å². The zero-order valence-corrected chi connectivity index (χ0v) is 23.8. The average Bonchev–Trinajstić information content (AvgIpc) is 2.94. The second kappa shape index (κ2) is 18.2. The molecule has 234 valence electrons. The summed E-state index contributed by atoms with van der Waals surface area (Å²) in [4.78, 5) is 66.1. The number of rotatable bonds is 18. The number of hydrogen-bond donors (Lipinski definition) is 9. The van der Waals surface area contributed by atoms with Gasteiger partial charge in [-0.1, -0.05) is 32.4 Å². The Morgan fingerprint density at radius 3 is 2.14 bits per heavy atom. The van der Waals surface area contributed by atoms with Gasteiger partial charge < -0.3 is 49.3 Å². The fraction of sp³-hybridized carbons (Fsp3) is 0.538. The third-order valence-electron chi connectivity index (χ3n) is 6.36. The Balaban J connectivity index is 2.70. The van der Waals surface area contributed by atoms with Crippen molar-refractivity contribution in [1.82, 2.24) is 21.3 Å². The van der Waals surface area contributed by atoms with Gasteiger partial charge in [0.2, 0.25) is 29.5 Å². The third kappa shape index (κ3) is 12.9. The van der Waals surface area contributed by atoms with E-state index in [1.54, 1.807) is 6.92 Å². The standard InChI is InChI=1S/C26H42FN9O6/c1-3-14(2)21(36-23(40)17(28)11-15-6-8-16(27)9-7-15)25(42)33-12-20(38)34-19(13-37)24(41)35-18(22(29)39)5-4-10-32-26(30)31/h6-9,14,17-19,21,37H,3-5,10-13,28H2,1-2H3,(H2,29,39)(H,33,42)(H,34,38)(H,35,41)(H,36,40)(H4,30,31,32)/t14-,17-,18-,19-,21-/m0/s1. The van der Waals surface area contributed by atoms with Gasteiger partial charge in [0.05, 0.1) is 19.2 Å². The number of aliphatic imine (C=N–C) groups is 1. The van der Waals surface area contributed by atoms with Crippen LogP contribution in [-0.4, -0.2) is 84.5 Å². The number of aliphatic hydroxyl groups excluding tert-OH is 1. The largest absolute Gasteiger partial charge is 0.394 e. The number of hydrogen-bond acceptors (Lipinski definition) is 8. The Morgan fingerprint density at radius 1 is 0.952 bits per heavy atom. The number of aliphatic hydroxyl groups is 1. The van der Waals surface area contributed by atoms with E-state index in [0.29, 0.717) is 18.4 Å². The number of nitrogens with zero attached hydrogens (tertiary/aromatic N) is 1. The summed E-state index contributed by atoms with van der Waals surface area (Å²) in [5, 5.41) is 19.2. The van der Waals surface area contributed by atoms with E-state index < -0.39 is 72.7 Å². The zero-order valence-electron chi connectivity index (χ0n) is 23.8. The topological polar surface area (TPSA) is 270 Å². The summed E-state index contributed by atoms with van der Waals surface area (Å²) in [7, 11) is 0. The normalized spacial score (nSPS) is 14.3. The number of nitrogens with one attached hydrogen (secondary N) is 4. The van der Waals surface area contributed by atoms with Crippen molar-refractivity contribution in [2.75, 3.05) is 19.7 Å². The van der Waals surface area contributed by atoms with Crippen LogP contribution in [-0.2, 0) is 30.4 Å². The maximum absolute atomic E-state index is 13.1. The van der Waals surface area contributed by atoms with E-state index in [4.69, 9.17) is 22.9 Å².